The van der Waals surface area contributed by atoms with Gasteiger partial charge in [-0.05, 0) is 42.6 Å². The highest BCUT2D eigenvalue weighted by Crippen LogP contribution is 2.71. The lowest BCUT2D eigenvalue weighted by atomic mass is 9.39. The molecule has 34 heavy (non-hydrogen) atoms. The summed E-state index contributed by atoms with van der Waals surface area (Å²) in [5.41, 5.74) is -1.90. The van der Waals surface area contributed by atoms with Crippen LogP contribution in [-0.2, 0) is 33.4 Å². The predicted molar refractivity (Wildman–Crippen MR) is 120 cm³/mol. The molecule has 8 heteroatoms. The van der Waals surface area contributed by atoms with Crippen molar-refractivity contribution in [2.24, 2.45) is 34.0 Å². The number of rotatable bonds is 3. The molecule has 1 N–H and O–H groups in total. The second-order valence-electron chi connectivity index (χ2n) is 11.7. The maximum atomic E-state index is 13.7. The number of allylic oxidation sites excluding steroid dienone is 1. The first-order valence-electron chi connectivity index (χ1n) is 12.1. The van der Waals surface area contributed by atoms with Crippen LogP contribution in [0.5, 0.6) is 0 Å². The molecule has 4 fully saturated rings. The molecule has 2 bridgehead atoms. The zero-order valence-corrected chi connectivity index (χ0v) is 20.9. The van der Waals surface area contributed by atoms with E-state index < -0.39 is 64.5 Å². The SMILES string of the molecule is C=C1C(=O)C23CC1CC(O)C2C1(C)CC(OC(C)=O)C(OC(C)=O)C(C)(C)C1C(OC(C)=O)C3. The van der Waals surface area contributed by atoms with Crippen LogP contribution in [0.4, 0.5) is 0 Å². The average Bonchev–Trinajstić information content (AvgIpc) is 2.83. The number of ketones is 1. The van der Waals surface area contributed by atoms with Crippen LogP contribution in [0.15, 0.2) is 12.2 Å². The molecule has 188 valence electrons. The molecular weight excluding hydrogens is 440 g/mol. The topological polar surface area (TPSA) is 116 Å². The number of carbonyl (C=O) groups excluding carboxylic acids is 4. The largest absolute Gasteiger partial charge is 0.462 e. The first kappa shape index (κ1) is 24.9. The van der Waals surface area contributed by atoms with Crippen LogP contribution < -0.4 is 0 Å². The van der Waals surface area contributed by atoms with Gasteiger partial charge in [0.15, 0.2) is 5.78 Å². The van der Waals surface area contributed by atoms with Gasteiger partial charge < -0.3 is 19.3 Å². The van der Waals surface area contributed by atoms with Gasteiger partial charge in [-0.3, -0.25) is 19.2 Å². The van der Waals surface area contributed by atoms with Gasteiger partial charge in [-0.25, -0.2) is 0 Å². The van der Waals surface area contributed by atoms with Crippen molar-refractivity contribution in [3.8, 4) is 0 Å². The molecule has 4 aliphatic carbocycles. The lowest BCUT2D eigenvalue weighted by molar-refractivity contribution is -0.271. The number of aliphatic hydroxyl groups is 1. The molecule has 4 rings (SSSR count). The molecular formula is C26H36O8. The van der Waals surface area contributed by atoms with E-state index in [0.717, 1.165) is 0 Å². The molecule has 9 atom stereocenters. The zero-order chi connectivity index (χ0) is 25.4. The standard InChI is InChI=1S/C26H36O8/c1-12-16-8-17(30)20-25(7)10-19(33-14(3)28)23(34-15(4)29)24(5,6)21(25)18(32-13(2)27)11-26(20,9-16)22(12)31/h16-21,23,30H,1,8-11H2,2-7H3. The number of aliphatic hydroxyl groups excluding tert-OH is 1. The van der Waals surface area contributed by atoms with Gasteiger partial charge >= 0.3 is 17.9 Å². The Labute approximate surface area is 200 Å². The van der Waals surface area contributed by atoms with Gasteiger partial charge in [-0.2, -0.15) is 0 Å². The van der Waals surface area contributed by atoms with Crippen LogP contribution in [0.3, 0.4) is 0 Å². The van der Waals surface area contributed by atoms with Gasteiger partial charge in [-0.15, -0.1) is 0 Å². The van der Waals surface area contributed by atoms with Crippen molar-refractivity contribution in [3.05, 3.63) is 12.2 Å². The summed E-state index contributed by atoms with van der Waals surface area (Å²) in [6, 6.07) is 0. The third-order valence-corrected chi connectivity index (χ3v) is 9.15. The minimum atomic E-state index is -0.893. The molecule has 0 aromatic rings. The molecule has 9 unspecified atom stereocenters. The molecule has 4 aliphatic rings. The predicted octanol–water partition coefficient (Wildman–Crippen LogP) is 2.75. The molecule has 0 heterocycles. The van der Waals surface area contributed by atoms with Crippen molar-refractivity contribution in [2.45, 2.75) is 91.6 Å². The number of Topliss-reactive ketones (excluding diaryl/α,β-unsaturated/α-hetero) is 1. The van der Waals surface area contributed by atoms with Crippen molar-refractivity contribution in [3.63, 3.8) is 0 Å². The smallest absolute Gasteiger partial charge is 0.303 e. The third kappa shape index (κ3) is 3.43. The number of hydrogen-bond donors (Lipinski definition) is 1. The van der Waals surface area contributed by atoms with Crippen molar-refractivity contribution in [1.82, 2.24) is 0 Å². The number of esters is 3. The minimum Gasteiger partial charge on any atom is -0.462 e. The summed E-state index contributed by atoms with van der Waals surface area (Å²) in [6.45, 7) is 13.8. The molecule has 0 aliphatic heterocycles. The molecule has 0 saturated heterocycles. The van der Waals surface area contributed by atoms with Gasteiger partial charge in [0.05, 0.1) is 6.10 Å². The van der Waals surface area contributed by atoms with Crippen LogP contribution in [-0.4, -0.2) is 53.2 Å². The van der Waals surface area contributed by atoms with E-state index in [1.807, 2.05) is 20.8 Å². The highest BCUT2D eigenvalue weighted by Gasteiger charge is 2.74. The number of hydrogen-bond acceptors (Lipinski definition) is 8. The second kappa shape index (κ2) is 7.90. The maximum absolute atomic E-state index is 13.7. The molecule has 4 saturated carbocycles. The first-order valence-corrected chi connectivity index (χ1v) is 12.1. The van der Waals surface area contributed by atoms with Crippen LogP contribution >= 0.6 is 0 Å². The van der Waals surface area contributed by atoms with E-state index in [1.165, 1.54) is 20.8 Å². The van der Waals surface area contributed by atoms with Crippen molar-refractivity contribution < 1.29 is 38.5 Å². The average molecular weight is 477 g/mol. The summed E-state index contributed by atoms with van der Waals surface area (Å²) in [6.07, 6.45) is -1.36. The van der Waals surface area contributed by atoms with Crippen molar-refractivity contribution >= 4 is 23.7 Å². The van der Waals surface area contributed by atoms with Gasteiger partial charge in [-0.1, -0.05) is 27.4 Å². The van der Waals surface area contributed by atoms with Crippen LogP contribution in [0.25, 0.3) is 0 Å². The first-order chi connectivity index (χ1) is 15.6. The van der Waals surface area contributed by atoms with E-state index in [9.17, 15) is 24.3 Å². The molecule has 0 amide bonds. The Hall–Kier alpha value is -2.22. The van der Waals surface area contributed by atoms with Crippen molar-refractivity contribution in [1.29, 1.82) is 0 Å². The number of fused-ring (bicyclic) bond motifs is 3. The molecule has 0 aromatic carbocycles. The fourth-order valence-corrected chi connectivity index (χ4v) is 8.74. The summed E-state index contributed by atoms with van der Waals surface area (Å²) < 4.78 is 17.3. The Bertz CT molecular complexity index is 952. The quantitative estimate of drug-likeness (QED) is 0.376. The Morgan fingerprint density at radius 3 is 2.00 bits per heavy atom. The van der Waals surface area contributed by atoms with Crippen LogP contribution in [0, 0.1) is 34.0 Å². The normalized spacial score (nSPS) is 44.5. The van der Waals surface area contributed by atoms with Crippen LogP contribution in [0.1, 0.15) is 67.2 Å². The number of ether oxygens (including phenoxy) is 3. The van der Waals surface area contributed by atoms with E-state index in [4.69, 9.17) is 14.2 Å². The summed E-state index contributed by atoms with van der Waals surface area (Å²) in [7, 11) is 0. The molecule has 0 radical (unpaired) electrons. The van der Waals surface area contributed by atoms with Crippen LogP contribution in [0.2, 0.25) is 0 Å². The van der Waals surface area contributed by atoms with Gasteiger partial charge in [0.2, 0.25) is 0 Å². The Balaban J connectivity index is 1.91. The summed E-state index contributed by atoms with van der Waals surface area (Å²) in [4.78, 5) is 50.0. The Morgan fingerprint density at radius 2 is 1.44 bits per heavy atom. The summed E-state index contributed by atoms with van der Waals surface area (Å²) in [5, 5.41) is 11.4. The van der Waals surface area contributed by atoms with Gasteiger partial charge in [0.1, 0.15) is 18.3 Å². The van der Waals surface area contributed by atoms with E-state index in [2.05, 4.69) is 6.58 Å². The summed E-state index contributed by atoms with van der Waals surface area (Å²) >= 11 is 0. The van der Waals surface area contributed by atoms with Gasteiger partial charge in [0, 0.05) is 43.4 Å². The maximum Gasteiger partial charge on any atom is 0.303 e. The van der Waals surface area contributed by atoms with Crippen molar-refractivity contribution in [2.75, 3.05) is 0 Å². The molecule has 8 nitrogen and oxygen atoms in total. The lowest BCUT2D eigenvalue weighted by Gasteiger charge is -2.67. The van der Waals surface area contributed by atoms with E-state index in [-0.39, 0.29) is 30.5 Å². The monoisotopic (exact) mass is 476 g/mol. The highest BCUT2D eigenvalue weighted by atomic mass is 16.6. The Morgan fingerprint density at radius 1 is 0.882 bits per heavy atom. The second-order valence-corrected chi connectivity index (χ2v) is 11.7. The zero-order valence-electron chi connectivity index (χ0n) is 20.9. The Kier molecular flexibility index (Phi) is 5.78. The summed E-state index contributed by atoms with van der Waals surface area (Å²) in [5.74, 6) is -2.40. The fraction of sp³-hybridized carbons (Fsp3) is 0.769. The van der Waals surface area contributed by atoms with E-state index >= 15 is 0 Å². The third-order valence-electron chi connectivity index (χ3n) is 9.15. The minimum absolute atomic E-state index is 0.0557. The number of carbonyl (C=O) groups is 4. The van der Waals surface area contributed by atoms with E-state index in [1.54, 1.807) is 0 Å². The van der Waals surface area contributed by atoms with Gasteiger partial charge in [0.25, 0.3) is 0 Å². The molecule has 1 spiro atoms. The van der Waals surface area contributed by atoms with E-state index in [0.29, 0.717) is 18.4 Å². The fourth-order valence-electron chi connectivity index (χ4n) is 8.74. The molecule has 0 aromatic heterocycles. The highest BCUT2D eigenvalue weighted by molar-refractivity contribution is 6.03. The lowest BCUT2D eigenvalue weighted by Crippen LogP contribution is -2.71.